The molecule has 25 N–H and O–H groups in total. The summed E-state index contributed by atoms with van der Waals surface area (Å²) in [7, 11) is -15.7. The second-order valence-electron chi connectivity index (χ2n) is 34.5. The Bertz CT molecular complexity index is 6470. The molecule has 4 aromatic carbocycles. The monoisotopic (exact) mass is 2240 g/mol. The maximum Gasteiger partial charge on any atom is 0.324 e. The van der Waals surface area contributed by atoms with Crippen LogP contribution in [0.1, 0.15) is 86.2 Å². The summed E-state index contributed by atoms with van der Waals surface area (Å²) in [6, 6.07) is 5.27. The molecule has 4 aromatic heterocycles. The molecular weight excluding hydrogens is 2120 g/mol. The van der Waals surface area contributed by atoms with Gasteiger partial charge in [-0.2, -0.15) is 9.44 Å². The van der Waals surface area contributed by atoms with E-state index < -0.39 is 224 Å². The molecule has 2 unspecified atom stereocenters. The number of aromatic nitrogens is 6. The van der Waals surface area contributed by atoms with Crippen molar-refractivity contribution in [1.29, 1.82) is 0 Å². The number of aromatic amines is 2. The van der Waals surface area contributed by atoms with Crippen LogP contribution in [0.25, 0.3) is 21.8 Å². The first kappa shape index (κ1) is 121. The van der Waals surface area contributed by atoms with E-state index in [1.807, 2.05) is 16.2 Å². The number of aliphatic carboxylic acids is 4. The molecule has 1 radical (unpaired) electrons. The van der Waals surface area contributed by atoms with Crippen LogP contribution in [0.15, 0.2) is 130 Å². The van der Waals surface area contributed by atoms with Gasteiger partial charge in [0, 0.05) is 212 Å². The van der Waals surface area contributed by atoms with E-state index in [9.17, 15) is 142 Å². The summed E-state index contributed by atoms with van der Waals surface area (Å²) < 4.78 is 136. The molecule has 0 bridgehead atoms. The number of ether oxygens (including phenoxy) is 2. The van der Waals surface area contributed by atoms with Gasteiger partial charge in [0.15, 0.2) is 11.9 Å². The van der Waals surface area contributed by atoms with Crippen molar-refractivity contribution < 1.29 is 174 Å². The molecule has 1 saturated heterocycles. The Labute approximate surface area is 880 Å². The van der Waals surface area contributed by atoms with E-state index in [1.54, 1.807) is 68.0 Å². The number of rotatable bonds is 52. The molecule has 1 aliphatic rings. The maximum atomic E-state index is 14.8. The predicted molar refractivity (Wildman–Crippen MR) is 536 cm³/mol. The number of hydrogen-bond donors (Lipinski definition) is 25. The number of hydrogen-bond acceptors (Lipinski definition) is 36. The number of pyridine rings is 2. The number of hydrazine groups is 1. The molecule has 0 saturated carbocycles. The smallest absolute Gasteiger partial charge is 0.324 e. The van der Waals surface area contributed by atoms with Gasteiger partial charge in [0.1, 0.15) is 46.8 Å². The number of imide groups is 1. The second kappa shape index (κ2) is 55.9. The number of aliphatic hydroxyl groups excluding tert-OH is 1. The Kier molecular flexibility index (Phi) is 45.4. The van der Waals surface area contributed by atoms with Crippen molar-refractivity contribution in [2.75, 3.05) is 147 Å². The Morgan fingerprint density at radius 2 is 0.879 bits per heavy atom. The maximum absolute atomic E-state index is 14.8. The minimum absolute atomic E-state index is 0. The number of urea groups is 1. The fourth-order valence-corrected chi connectivity index (χ4v) is 20.3. The van der Waals surface area contributed by atoms with E-state index in [4.69, 9.17) is 9.47 Å². The quantitative estimate of drug-likeness (QED) is 0.0132. The predicted octanol–water partition coefficient (Wildman–Crippen LogP) is -0.296. The van der Waals surface area contributed by atoms with E-state index in [-0.39, 0.29) is 202 Å². The minimum atomic E-state index is -4.83. The van der Waals surface area contributed by atoms with Crippen LogP contribution in [0.2, 0.25) is 0 Å². The van der Waals surface area contributed by atoms with Crippen LogP contribution in [0.4, 0.5) is 16.7 Å². The first-order valence-electron chi connectivity index (χ1n) is 45.7. The molecule has 149 heavy (non-hydrogen) atoms. The molecule has 4 atom stereocenters. The van der Waals surface area contributed by atoms with Gasteiger partial charge in [0.25, 0.3) is 17.7 Å². The van der Waals surface area contributed by atoms with E-state index in [1.165, 1.54) is 100 Å². The number of fused-ring (bicyclic) bond motifs is 2. The number of carboxylic acid groups (broad SMARTS) is 4. The molecule has 0 spiro atoms. The average Bonchev–Trinajstić information content (AvgIpc) is 1.09. The third-order valence-electron chi connectivity index (χ3n) is 22.7. The second-order valence-corrected chi connectivity index (χ2v) is 41.0. The van der Waals surface area contributed by atoms with E-state index in [2.05, 4.69) is 73.2 Å². The van der Waals surface area contributed by atoms with Crippen LogP contribution in [0, 0.1) is 27.7 Å². The Balaban J connectivity index is 0.0000270. The van der Waals surface area contributed by atoms with Crippen molar-refractivity contribution in [3.05, 3.63) is 175 Å². The normalized spacial score (nSPS) is 14.2. The van der Waals surface area contributed by atoms with Crippen LogP contribution in [0.3, 0.4) is 0 Å². The Morgan fingerprint density at radius 3 is 1.27 bits per heavy atom. The molecule has 60 heteroatoms. The van der Waals surface area contributed by atoms with Crippen LogP contribution in [0.5, 0.6) is 11.5 Å². The number of benzene rings is 4. The summed E-state index contributed by atoms with van der Waals surface area (Å²) in [5, 5.41) is 70.4. The molecule has 1 fully saturated rings. The van der Waals surface area contributed by atoms with E-state index >= 15 is 0 Å². The SMILES string of the molecule is C=C(O)CN1CCN(CC(=O)O)CCN(CC(=O)N(CCC(=O)NC(CS(O)(O)O)C(=O)NCCNC(=O)CCCOc2cc(C)c(S(=O)(=O)N[C@@H](CNC(=O)c3cn(C)c4cc(CNc5ncc[nH]5)ccc4c3=O)C(=O)O)c(C)c2)C(=O)NC(CS(O)(O)O)C(=O)NNC(=O)CCCOc2cc(C)c(S(=O)(=O)N[C@@H](CNC(=O)c3cn(C)c4cc(CNc5ncc[nH]5)ccc4c3=O)C(=O)O)c(C)c2)CCN(CC(=O)O)CC1.[Y]. The number of H-pyrrole nitrogens is 2. The largest absolute Gasteiger partial charge is 0.512 e. The van der Waals surface area contributed by atoms with Gasteiger partial charge in [-0.25, -0.2) is 31.6 Å². The van der Waals surface area contributed by atoms with Crippen LogP contribution < -0.4 is 83.2 Å². The van der Waals surface area contributed by atoms with Crippen LogP contribution in [-0.2, 0) is 128 Å². The van der Waals surface area contributed by atoms with Gasteiger partial charge >= 0.3 is 29.9 Å². The fraction of sp³-hybridized carbons (Fsp3) is 0.427. The van der Waals surface area contributed by atoms with Crippen molar-refractivity contribution >= 4 is 153 Å². The van der Waals surface area contributed by atoms with Gasteiger partial charge in [-0.15, -0.1) is 0 Å². The molecule has 1 aliphatic heterocycles. The number of carbonyl (C=O) groups excluding carboxylic acids is 9. The summed E-state index contributed by atoms with van der Waals surface area (Å²) in [4.78, 5) is 221. The zero-order chi connectivity index (χ0) is 109. The topological polar surface area (TPSA) is 793 Å². The Morgan fingerprint density at radius 1 is 0.483 bits per heavy atom. The minimum Gasteiger partial charge on any atom is -0.512 e. The molecular formula is C89H121N23O32S4Y. The number of nitrogens with zero attached hydrogens (tertiary/aromatic N) is 9. The van der Waals surface area contributed by atoms with Crippen LogP contribution in [-0.4, -0.2) is 361 Å². The first-order valence-corrected chi connectivity index (χ1v) is 52.0. The number of amides is 10. The number of nitrogens with one attached hydrogen (secondary N) is 14. The summed E-state index contributed by atoms with van der Waals surface area (Å²) in [5.41, 5.74) is 4.73. The summed E-state index contributed by atoms with van der Waals surface area (Å²) >= 11 is 0. The van der Waals surface area contributed by atoms with Gasteiger partial charge in [0.2, 0.25) is 60.4 Å². The third kappa shape index (κ3) is 38.1. The summed E-state index contributed by atoms with van der Waals surface area (Å²) in [5.74, 6) is -16.4. The first-order chi connectivity index (χ1) is 69.7. The van der Waals surface area contributed by atoms with Crippen molar-refractivity contribution in [3.63, 3.8) is 0 Å². The van der Waals surface area contributed by atoms with Crippen LogP contribution >= 0.6 is 21.7 Å². The van der Waals surface area contributed by atoms with Gasteiger partial charge < -0.3 is 124 Å². The average molecular weight is 2240 g/mol. The van der Waals surface area contributed by atoms with Gasteiger partial charge in [-0.05, 0) is 122 Å². The Hall–Kier alpha value is -13.2. The van der Waals surface area contributed by atoms with Crippen molar-refractivity contribution in [1.82, 2.24) is 106 Å². The number of imidazole rings is 2. The molecule has 0 aliphatic carbocycles. The molecule has 811 valence electrons. The fourth-order valence-electron chi connectivity index (χ4n) is 15.7. The third-order valence-corrected chi connectivity index (χ3v) is 27.8. The summed E-state index contributed by atoms with van der Waals surface area (Å²) in [6.07, 6.45) is 7.14. The number of carbonyl (C=O) groups is 13. The van der Waals surface area contributed by atoms with E-state index in [0.717, 1.165) is 11.1 Å². The van der Waals surface area contributed by atoms with Crippen molar-refractivity contribution in [2.45, 2.75) is 107 Å². The van der Waals surface area contributed by atoms with Crippen molar-refractivity contribution in [3.8, 4) is 11.5 Å². The molecule has 55 nitrogen and oxygen atoms in total. The van der Waals surface area contributed by atoms with Gasteiger partial charge in [0.05, 0.1) is 99.2 Å². The number of sulfonamides is 2. The summed E-state index contributed by atoms with van der Waals surface area (Å²) in [6.45, 7) is 3.62. The van der Waals surface area contributed by atoms with Gasteiger partial charge in [-0.3, -0.25) is 102 Å². The zero-order valence-electron chi connectivity index (χ0n) is 81.8. The molecule has 5 heterocycles. The number of aliphatic hydroxyl groups is 1. The number of carboxylic acids is 4. The standard InChI is InChI=1S/C89H121N23O32S4.Y/c1-52-34-59(35-53(2)79(52)147(139,140)104-65(85(128)129)42-96-81(124)63-45-106(6)69-38-57(12-14-61(69)77(63)122)40-98-87-92-19-20-93-87)143-32-8-10-71(114)90-17-18-91-83(126)67(50-145(133,134)135)100-72(115)16-23-112(74(117)47-109-26-30-110(48-75(118)119)28-24-108(44-56(5)113)25-29-111(31-27-109)49-76(120)121)89(132)101-68(51-146(136,137)138)84(127)103-102-73(116)11-9-33-144-60-36-54(3)80(55(4)37-60)148(141,142)105-66(86(130)131)43-97-82(125)64-46-107(7)70-39-58(13-15-62(70)78(64)123)41-99-88-94-21-22-95-88;/h12-15,19-22,34-39,45-46,65-68,104-105,113,133-138H,5,8-11,16-18,23-33,40-44,47-51H2,1-4,6-7H3,(H,90,114)(H,91,126)(H,96,124)(H,97,125)(H,100,115)(H,101,132)(H,102,116)(H,103,127)(H,118,119)(H,120,121)(H,128,129)(H,130,131)(H2,92,93,98)(H2,94,95,99);/t65-,66-,67?,68?;/m0./s1. The molecule has 10 amide bonds. The molecule has 8 aromatic rings. The molecule has 9 rings (SSSR count). The number of anilines is 2. The van der Waals surface area contributed by atoms with Gasteiger partial charge in [-0.1, -0.05) is 18.7 Å². The zero-order valence-corrected chi connectivity index (χ0v) is 87.9. The number of aryl methyl sites for hydroxylation is 6. The van der Waals surface area contributed by atoms with E-state index in [0.29, 0.717) is 40.9 Å². The van der Waals surface area contributed by atoms with Crippen molar-refractivity contribution in [2.24, 2.45) is 14.1 Å².